The Bertz CT molecular complexity index is 672. The van der Waals surface area contributed by atoms with Crippen molar-refractivity contribution in [3.63, 3.8) is 0 Å². The first-order valence-electron chi connectivity index (χ1n) is 9.97. The Labute approximate surface area is 186 Å². The zero-order valence-corrected chi connectivity index (χ0v) is 19.5. The van der Waals surface area contributed by atoms with Crippen molar-refractivity contribution in [3.8, 4) is 11.5 Å². The summed E-state index contributed by atoms with van der Waals surface area (Å²) < 4.78 is 11.1. The van der Waals surface area contributed by atoms with E-state index in [0.29, 0.717) is 19.2 Å². The molecule has 1 saturated heterocycles. The maximum Gasteiger partial charge on any atom is 0.194 e. The van der Waals surface area contributed by atoms with Crippen LogP contribution in [0.25, 0.3) is 0 Å². The van der Waals surface area contributed by atoms with Crippen LogP contribution in [0.5, 0.6) is 11.5 Å². The lowest BCUT2D eigenvalue weighted by atomic mass is 10.2. The van der Waals surface area contributed by atoms with Crippen molar-refractivity contribution in [2.75, 3.05) is 46.4 Å². The summed E-state index contributed by atoms with van der Waals surface area (Å²) >= 11 is 0. The first-order chi connectivity index (χ1) is 13.2. The molecule has 0 amide bonds. The molecule has 1 aromatic rings. The van der Waals surface area contributed by atoms with Crippen molar-refractivity contribution < 1.29 is 9.47 Å². The summed E-state index contributed by atoms with van der Waals surface area (Å²) in [6, 6.07) is 6.65. The molecule has 6 nitrogen and oxygen atoms in total. The molecule has 1 aromatic carbocycles. The number of benzene rings is 1. The fourth-order valence-electron chi connectivity index (χ4n) is 3.70. The van der Waals surface area contributed by atoms with E-state index in [1.54, 1.807) is 7.11 Å². The molecule has 3 rings (SSSR count). The molecule has 28 heavy (non-hydrogen) atoms. The van der Waals surface area contributed by atoms with E-state index in [2.05, 4.69) is 40.3 Å². The third kappa shape index (κ3) is 5.76. The van der Waals surface area contributed by atoms with E-state index in [1.165, 1.54) is 6.42 Å². The molecule has 1 N–H and O–H groups in total. The second-order valence-corrected chi connectivity index (χ2v) is 6.90. The highest BCUT2D eigenvalue weighted by atomic mass is 127. The van der Waals surface area contributed by atoms with Gasteiger partial charge in [-0.2, -0.15) is 0 Å². The molecule has 156 valence electrons. The van der Waals surface area contributed by atoms with Crippen LogP contribution in [-0.4, -0.2) is 68.2 Å². The van der Waals surface area contributed by atoms with Gasteiger partial charge in [-0.05, 0) is 38.0 Å². The SMILES string of the molecule is CCNC(=NCc1ccc(OC)c(OCC)c1)N1CCC(N2CC=CC2)C1.I. The zero-order chi connectivity index (χ0) is 19.1. The first-order valence-corrected chi connectivity index (χ1v) is 9.97. The number of aliphatic imine (C=N–C) groups is 1. The predicted octanol–water partition coefficient (Wildman–Crippen LogP) is 3.12. The summed E-state index contributed by atoms with van der Waals surface area (Å²) in [7, 11) is 1.67. The van der Waals surface area contributed by atoms with E-state index in [-0.39, 0.29) is 24.0 Å². The van der Waals surface area contributed by atoms with Crippen LogP contribution in [0.1, 0.15) is 25.8 Å². The van der Waals surface area contributed by atoms with Crippen LogP contribution in [0, 0.1) is 0 Å². The molecule has 0 aliphatic carbocycles. The Morgan fingerprint density at radius 2 is 2.00 bits per heavy atom. The highest BCUT2D eigenvalue weighted by Crippen LogP contribution is 2.28. The smallest absolute Gasteiger partial charge is 0.194 e. The van der Waals surface area contributed by atoms with Crippen LogP contribution >= 0.6 is 24.0 Å². The second kappa shape index (κ2) is 11.5. The van der Waals surface area contributed by atoms with Crippen molar-refractivity contribution >= 4 is 29.9 Å². The van der Waals surface area contributed by atoms with Crippen LogP contribution in [-0.2, 0) is 6.54 Å². The Hall–Kier alpha value is -1.48. The molecule has 2 aliphatic rings. The van der Waals surface area contributed by atoms with Gasteiger partial charge in [-0.15, -0.1) is 24.0 Å². The predicted molar refractivity (Wildman–Crippen MR) is 125 cm³/mol. The summed E-state index contributed by atoms with van der Waals surface area (Å²) in [5, 5.41) is 3.45. The van der Waals surface area contributed by atoms with Crippen molar-refractivity contribution in [3.05, 3.63) is 35.9 Å². The molecule has 2 heterocycles. The minimum Gasteiger partial charge on any atom is -0.493 e. The highest BCUT2D eigenvalue weighted by molar-refractivity contribution is 14.0. The van der Waals surface area contributed by atoms with Gasteiger partial charge in [-0.1, -0.05) is 18.2 Å². The largest absolute Gasteiger partial charge is 0.493 e. The molecule has 1 unspecified atom stereocenters. The average Bonchev–Trinajstić information content (AvgIpc) is 3.37. The number of likely N-dealkylation sites (tertiary alicyclic amines) is 1. The monoisotopic (exact) mass is 500 g/mol. The van der Waals surface area contributed by atoms with Crippen molar-refractivity contribution in [2.45, 2.75) is 32.9 Å². The molecule has 0 saturated carbocycles. The van der Waals surface area contributed by atoms with Gasteiger partial charge in [0.1, 0.15) is 0 Å². The fourth-order valence-corrected chi connectivity index (χ4v) is 3.70. The lowest BCUT2D eigenvalue weighted by Gasteiger charge is -2.25. The van der Waals surface area contributed by atoms with E-state index in [4.69, 9.17) is 14.5 Å². The Morgan fingerprint density at radius 3 is 2.68 bits per heavy atom. The number of hydrogen-bond donors (Lipinski definition) is 1. The van der Waals surface area contributed by atoms with Gasteiger partial charge in [-0.25, -0.2) is 4.99 Å². The van der Waals surface area contributed by atoms with E-state index in [0.717, 1.165) is 55.7 Å². The summed E-state index contributed by atoms with van der Waals surface area (Å²) in [5.41, 5.74) is 1.12. The summed E-state index contributed by atoms with van der Waals surface area (Å²) in [6.07, 6.45) is 5.73. The second-order valence-electron chi connectivity index (χ2n) is 6.90. The number of rotatable bonds is 7. The average molecular weight is 500 g/mol. The van der Waals surface area contributed by atoms with Crippen molar-refractivity contribution in [1.82, 2.24) is 15.1 Å². The Kier molecular flexibility index (Phi) is 9.37. The van der Waals surface area contributed by atoms with Gasteiger partial charge in [0.25, 0.3) is 0 Å². The molecule has 7 heteroatoms. The minimum atomic E-state index is 0. The summed E-state index contributed by atoms with van der Waals surface area (Å²) in [4.78, 5) is 9.82. The maximum absolute atomic E-state index is 5.68. The summed E-state index contributed by atoms with van der Waals surface area (Å²) in [6.45, 7) is 10.5. The number of nitrogens with one attached hydrogen (secondary N) is 1. The van der Waals surface area contributed by atoms with Crippen LogP contribution in [0.2, 0.25) is 0 Å². The molecule has 0 radical (unpaired) electrons. The van der Waals surface area contributed by atoms with Crippen LogP contribution in [0.15, 0.2) is 35.3 Å². The van der Waals surface area contributed by atoms with Crippen LogP contribution in [0.3, 0.4) is 0 Å². The maximum atomic E-state index is 5.68. The van der Waals surface area contributed by atoms with Crippen LogP contribution in [0.4, 0.5) is 0 Å². The van der Waals surface area contributed by atoms with Gasteiger partial charge >= 0.3 is 0 Å². The number of methoxy groups -OCH3 is 1. The Balaban J connectivity index is 0.00000280. The molecule has 0 aromatic heterocycles. The van der Waals surface area contributed by atoms with Gasteiger partial charge in [0.15, 0.2) is 17.5 Å². The molecule has 0 bridgehead atoms. The van der Waals surface area contributed by atoms with Crippen LogP contribution < -0.4 is 14.8 Å². The summed E-state index contributed by atoms with van der Waals surface area (Å²) in [5.74, 6) is 2.54. The molecule has 0 spiro atoms. The van der Waals surface area contributed by atoms with E-state index in [1.807, 2.05) is 19.1 Å². The van der Waals surface area contributed by atoms with Gasteiger partial charge < -0.3 is 19.7 Å². The zero-order valence-electron chi connectivity index (χ0n) is 17.2. The van der Waals surface area contributed by atoms with Crippen molar-refractivity contribution in [1.29, 1.82) is 0 Å². The van der Waals surface area contributed by atoms with Gasteiger partial charge in [0.2, 0.25) is 0 Å². The molecule has 1 fully saturated rings. The standard InChI is InChI=1S/C21H32N4O2.HI/c1-4-22-21(25-13-10-18(16-25)24-11-6-7-12-24)23-15-17-8-9-19(26-3)20(14-17)27-5-2;/h6-9,14,18H,4-5,10-13,15-16H2,1-3H3,(H,22,23);1H. The first kappa shape index (κ1) is 22.8. The number of nitrogens with zero attached hydrogens (tertiary/aromatic N) is 3. The lowest BCUT2D eigenvalue weighted by Crippen LogP contribution is -2.42. The molecule has 1 atom stereocenters. The number of hydrogen-bond acceptors (Lipinski definition) is 4. The van der Waals surface area contributed by atoms with Gasteiger partial charge in [-0.3, -0.25) is 4.90 Å². The molecule has 2 aliphatic heterocycles. The highest BCUT2D eigenvalue weighted by Gasteiger charge is 2.29. The van der Waals surface area contributed by atoms with E-state index < -0.39 is 0 Å². The quantitative estimate of drug-likeness (QED) is 0.270. The number of guanidine groups is 1. The van der Waals surface area contributed by atoms with Crippen molar-refractivity contribution in [2.24, 2.45) is 4.99 Å². The topological polar surface area (TPSA) is 49.3 Å². The Morgan fingerprint density at radius 1 is 1.21 bits per heavy atom. The third-order valence-corrected chi connectivity index (χ3v) is 5.10. The number of halogens is 1. The molecular weight excluding hydrogens is 467 g/mol. The van der Waals surface area contributed by atoms with Gasteiger partial charge in [0.05, 0.1) is 20.3 Å². The van der Waals surface area contributed by atoms with E-state index in [9.17, 15) is 0 Å². The minimum absolute atomic E-state index is 0. The normalized spacial score (nSPS) is 19.6. The molecular formula is C21H33IN4O2. The third-order valence-electron chi connectivity index (χ3n) is 5.10. The lowest BCUT2D eigenvalue weighted by molar-refractivity contribution is 0.259. The van der Waals surface area contributed by atoms with Gasteiger partial charge in [0, 0.05) is 38.8 Å². The fraction of sp³-hybridized carbons (Fsp3) is 0.571. The van der Waals surface area contributed by atoms with E-state index >= 15 is 0 Å². The number of ether oxygens (including phenoxy) is 2.